The minimum absolute atomic E-state index is 0.162. The summed E-state index contributed by atoms with van der Waals surface area (Å²) in [5.41, 5.74) is 1.30. The molecule has 1 amide bonds. The van der Waals surface area contributed by atoms with Gasteiger partial charge in [0.25, 0.3) is 5.91 Å². The maximum absolute atomic E-state index is 13.0. The number of carbonyl (C=O) groups is 1. The molecule has 2 aromatic rings. The number of rotatable bonds is 2. The molecule has 1 unspecified atom stereocenters. The lowest BCUT2D eigenvalue weighted by Gasteiger charge is -2.17. The highest BCUT2D eigenvalue weighted by atomic mass is 35.5. The van der Waals surface area contributed by atoms with Crippen molar-refractivity contribution >= 4 is 51.5 Å². The largest absolute Gasteiger partial charge is 0.272 e. The Hall–Kier alpha value is -1.43. The normalized spacial score (nSPS) is 18.4. The first-order chi connectivity index (χ1) is 10.1. The van der Waals surface area contributed by atoms with E-state index in [4.69, 9.17) is 23.8 Å². The van der Waals surface area contributed by atoms with Crippen LogP contribution in [0.3, 0.4) is 0 Å². The molecule has 1 atom stereocenters. The van der Waals surface area contributed by atoms with Gasteiger partial charge in [0.05, 0.1) is 10.7 Å². The predicted octanol–water partition coefficient (Wildman–Crippen LogP) is 4.59. The second-order valence-corrected chi connectivity index (χ2v) is 6.59. The number of carbonyl (C=O) groups excluding carboxylic acids is 1. The molecule has 1 fully saturated rings. The van der Waals surface area contributed by atoms with Gasteiger partial charge in [0, 0.05) is 0 Å². The minimum Gasteiger partial charge on any atom is -0.272 e. The Morgan fingerprint density at radius 2 is 1.81 bits per heavy atom. The molecule has 0 radical (unpaired) electrons. The number of thiocarbonyl (C=S) groups is 1. The molecule has 1 aliphatic heterocycles. The summed E-state index contributed by atoms with van der Waals surface area (Å²) in [6, 6.07) is 12.9. The standard InChI is InChI=1S/C15H9ClFNOS2/c16-11-3-1-2-4-12(11)18-14(19)13(21-15(18)20)9-5-7-10(17)8-6-9/h1-8,13H. The van der Waals surface area contributed by atoms with Crippen LogP contribution in [0, 0.1) is 5.82 Å². The molecule has 0 aliphatic carbocycles. The highest BCUT2D eigenvalue weighted by Crippen LogP contribution is 2.43. The van der Waals surface area contributed by atoms with Gasteiger partial charge in [-0.1, -0.05) is 59.8 Å². The first-order valence-electron chi connectivity index (χ1n) is 6.12. The van der Waals surface area contributed by atoms with Crippen LogP contribution >= 0.6 is 35.6 Å². The van der Waals surface area contributed by atoms with E-state index in [1.807, 2.05) is 0 Å². The van der Waals surface area contributed by atoms with Crippen LogP contribution in [0.4, 0.5) is 10.1 Å². The summed E-state index contributed by atoms with van der Waals surface area (Å²) in [5, 5.41) is 0.00271. The summed E-state index contributed by atoms with van der Waals surface area (Å²) in [6.45, 7) is 0. The number of anilines is 1. The Bertz CT molecular complexity index is 720. The monoisotopic (exact) mass is 337 g/mol. The summed E-state index contributed by atoms with van der Waals surface area (Å²) in [6.07, 6.45) is 0. The van der Waals surface area contributed by atoms with Gasteiger partial charge in [-0.2, -0.15) is 0 Å². The quantitative estimate of drug-likeness (QED) is 0.748. The highest BCUT2D eigenvalue weighted by molar-refractivity contribution is 8.24. The number of nitrogens with zero attached hydrogens (tertiary/aromatic N) is 1. The number of amides is 1. The van der Waals surface area contributed by atoms with Gasteiger partial charge >= 0.3 is 0 Å². The van der Waals surface area contributed by atoms with Crippen LogP contribution in [0.5, 0.6) is 0 Å². The number of thioether (sulfide) groups is 1. The average Bonchev–Trinajstić information content (AvgIpc) is 2.76. The van der Waals surface area contributed by atoms with Crippen molar-refractivity contribution < 1.29 is 9.18 Å². The van der Waals surface area contributed by atoms with Crippen molar-refractivity contribution in [3.8, 4) is 0 Å². The summed E-state index contributed by atoms with van der Waals surface area (Å²) in [7, 11) is 0. The van der Waals surface area contributed by atoms with Gasteiger partial charge in [0.2, 0.25) is 0 Å². The molecular formula is C15H9ClFNOS2. The van der Waals surface area contributed by atoms with Gasteiger partial charge in [-0.05, 0) is 29.8 Å². The molecule has 1 aliphatic rings. The molecule has 21 heavy (non-hydrogen) atoms. The van der Waals surface area contributed by atoms with Crippen molar-refractivity contribution in [2.45, 2.75) is 5.25 Å². The molecule has 1 saturated heterocycles. The summed E-state index contributed by atoms with van der Waals surface area (Å²) < 4.78 is 13.4. The lowest BCUT2D eigenvalue weighted by atomic mass is 10.1. The van der Waals surface area contributed by atoms with Gasteiger partial charge in [-0.15, -0.1) is 0 Å². The van der Waals surface area contributed by atoms with Crippen LogP contribution in [-0.2, 0) is 4.79 Å². The molecule has 2 nitrogen and oxygen atoms in total. The zero-order chi connectivity index (χ0) is 15.0. The first-order valence-corrected chi connectivity index (χ1v) is 7.79. The fourth-order valence-electron chi connectivity index (χ4n) is 2.11. The molecule has 0 bridgehead atoms. The van der Waals surface area contributed by atoms with E-state index < -0.39 is 5.25 Å². The van der Waals surface area contributed by atoms with Crippen molar-refractivity contribution in [1.82, 2.24) is 0 Å². The fraction of sp³-hybridized carbons (Fsp3) is 0.0667. The van der Waals surface area contributed by atoms with Crippen molar-refractivity contribution in [3.63, 3.8) is 0 Å². The Labute approximate surface area is 135 Å². The SMILES string of the molecule is O=C1C(c2ccc(F)cc2)SC(=S)N1c1ccccc1Cl. The van der Waals surface area contributed by atoms with Crippen molar-refractivity contribution in [1.29, 1.82) is 0 Å². The van der Waals surface area contributed by atoms with Gasteiger partial charge < -0.3 is 0 Å². The van der Waals surface area contributed by atoms with Gasteiger partial charge in [-0.3, -0.25) is 9.69 Å². The molecule has 0 N–H and O–H groups in total. The van der Waals surface area contributed by atoms with E-state index in [0.717, 1.165) is 5.56 Å². The molecule has 0 aromatic heterocycles. The molecule has 3 rings (SSSR count). The predicted molar refractivity (Wildman–Crippen MR) is 88.3 cm³/mol. The Kier molecular flexibility index (Phi) is 3.97. The third-order valence-corrected chi connectivity index (χ3v) is 5.00. The van der Waals surface area contributed by atoms with Crippen LogP contribution < -0.4 is 4.90 Å². The van der Waals surface area contributed by atoms with Crippen LogP contribution in [0.2, 0.25) is 5.02 Å². The fourth-order valence-corrected chi connectivity index (χ4v) is 3.80. The number of hydrogen-bond acceptors (Lipinski definition) is 3. The number of hydrogen-bond donors (Lipinski definition) is 0. The van der Waals surface area contributed by atoms with Crippen molar-refractivity contribution in [2.24, 2.45) is 0 Å². The van der Waals surface area contributed by atoms with E-state index >= 15 is 0 Å². The van der Waals surface area contributed by atoms with E-state index in [9.17, 15) is 9.18 Å². The van der Waals surface area contributed by atoms with Gasteiger partial charge in [0.15, 0.2) is 0 Å². The first kappa shape index (κ1) is 14.5. The van der Waals surface area contributed by atoms with Crippen molar-refractivity contribution in [3.05, 3.63) is 64.9 Å². The van der Waals surface area contributed by atoms with Crippen LogP contribution in [0.25, 0.3) is 0 Å². The molecule has 6 heteroatoms. The maximum Gasteiger partial charge on any atom is 0.250 e. The molecule has 0 saturated carbocycles. The summed E-state index contributed by atoms with van der Waals surface area (Å²) in [5.74, 6) is -0.496. The third-order valence-electron chi connectivity index (χ3n) is 3.11. The number of halogens is 2. The zero-order valence-electron chi connectivity index (χ0n) is 10.6. The van der Waals surface area contributed by atoms with E-state index in [2.05, 4.69) is 0 Å². The molecule has 2 aromatic carbocycles. The second kappa shape index (κ2) is 5.75. The topological polar surface area (TPSA) is 20.3 Å². The number of benzene rings is 2. The van der Waals surface area contributed by atoms with E-state index in [1.54, 1.807) is 36.4 Å². The van der Waals surface area contributed by atoms with Crippen molar-refractivity contribution in [2.75, 3.05) is 4.90 Å². The lowest BCUT2D eigenvalue weighted by molar-refractivity contribution is -0.117. The molecule has 1 heterocycles. The minimum atomic E-state index is -0.464. The van der Waals surface area contributed by atoms with Crippen LogP contribution in [0.1, 0.15) is 10.8 Å². The molecular weight excluding hydrogens is 329 g/mol. The second-order valence-electron chi connectivity index (χ2n) is 4.44. The summed E-state index contributed by atoms with van der Waals surface area (Å²) in [4.78, 5) is 14.1. The number of para-hydroxylation sites is 1. The smallest absolute Gasteiger partial charge is 0.250 e. The molecule has 0 spiro atoms. The Morgan fingerprint density at radius 1 is 1.14 bits per heavy atom. The summed E-state index contributed by atoms with van der Waals surface area (Å²) >= 11 is 12.7. The van der Waals surface area contributed by atoms with Gasteiger partial charge in [-0.25, -0.2) is 4.39 Å². The zero-order valence-corrected chi connectivity index (χ0v) is 13.0. The highest BCUT2D eigenvalue weighted by Gasteiger charge is 2.39. The maximum atomic E-state index is 13.0. The van der Waals surface area contributed by atoms with Gasteiger partial charge in [0.1, 0.15) is 15.4 Å². The Morgan fingerprint density at radius 3 is 2.48 bits per heavy atom. The van der Waals surface area contributed by atoms with Crippen LogP contribution in [-0.4, -0.2) is 10.2 Å². The van der Waals surface area contributed by atoms with E-state index in [1.165, 1.54) is 28.8 Å². The Balaban J connectivity index is 1.96. The van der Waals surface area contributed by atoms with E-state index in [-0.39, 0.29) is 11.7 Å². The lowest BCUT2D eigenvalue weighted by Crippen LogP contribution is -2.29. The third kappa shape index (κ3) is 2.69. The molecule has 106 valence electrons. The van der Waals surface area contributed by atoms with E-state index in [0.29, 0.717) is 15.0 Å². The average molecular weight is 338 g/mol. The van der Waals surface area contributed by atoms with Crippen LogP contribution in [0.15, 0.2) is 48.5 Å².